The van der Waals surface area contributed by atoms with Crippen LogP contribution in [0.15, 0.2) is 34.9 Å². The number of esters is 1. The predicted molar refractivity (Wildman–Crippen MR) is 184 cm³/mol. The monoisotopic (exact) mass is 666 g/mol. The Morgan fingerprint density at radius 1 is 0.804 bits per heavy atom. The third-order valence-electron chi connectivity index (χ3n) is 7.26. The van der Waals surface area contributed by atoms with E-state index in [0.717, 1.165) is 31.3 Å². The predicted octanol–water partition coefficient (Wildman–Crippen LogP) is 4.71. The van der Waals surface area contributed by atoms with Gasteiger partial charge in [-0.05, 0) is 83.6 Å². The normalized spacial score (nSPS) is 13.8. The van der Waals surface area contributed by atoms with Gasteiger partial charge in [-0.3, -0.25) is 24.4 Å². The molecule has 0 fully saturated rings. The molecule has 262 valence electrons. The van der Waals surface area contributed by atoms with Crippen molar-refractivity contribution >= 4 is 41.4 Å². The molecule has 0 radical (unpaired) electrons. The first kappa shape index (κ1) is 42.9. The number of rotatable bonds is 21. The SMILES string of the molecule is COC(=O)[C@@H](CCSC)NC(=O)[C@@H](NC(=O)[C@@H](NC(=O)CC(=O)N(O)C/C=C(\C)CC/C=C(\C)CCC=C(C)C)C(C)C)C(C)C. The Balaban J connectivity index is 5.15. The van der Waals surface area contributed by atoms with Crippen molar-refractivity contribution in [2.45, 2.75) is 112 Å². The van der Waals surface area contributed by atoms with Gasteiger partial charge in [-0.1, -0.05) is 62.6 Å². The van der Waals surface area contributed by atoms with Crippen molar-refractivity contribution in [1.29, 1.82) is 0 Å². The molecular formula is C34H58N4O7S. The zero-order chi connectivity index (χ0) is 35.4. The third-order valence-corrected chi connectivity index (χ3v) is 7.90. The van der Waals surface area contributed by atoms with Crippen LogP contribution >= 0.6 is 11.8 Å². The number of allylic oxidation sites excluding steroid dienone is 5. The summed E-state index contributed by atoms with van der Waals surface area (Å²) in [5.41, 5.74) is 3.64. The fourth-order valence-corrected chi connectivity index (χ4v) is 4.81. The van der Waals surface area contributed by atoms with Crippen molar-refractivity contribution in [3.8, 4) is 0 Å². The van der Waals surface area contributed by atoms with Crippen molar-refractivity contribution in [3.05, 3.63) is 34.9 Å². The van der Waals surface area contributed by atoms with Crippen molar-refractivity contribution in [2.75, 3.05) is 25.7 Å². The van der Waals surface area contributed by atoms with Gasteiger partial charge in [0.25, 0.3) is 5.91 Å². The van der Waals surface area contributed by atoms with Gasteiger partial charge in [0, 0.05) is 0 Å². The fraction of sp³-hybridized carbons (Fsp3) is 0.676. The summed E-state index contributed by atoms with van der Waals surface area (Å²) < 4.78 is 4.81. The number of hydrogen-bond donors (Lipinski definition) is 4. The van der Waals surface area contributed by atoms with E-state index in [9.17, 15) is 29.2 Å². The molecule has 12 heteroatoms. The highest BCUT2D eigenvalue weighted by atomic mass is 32.2. The van der Waals surface area contributed by atoms with Crippen LogP contribution in [0.3, 0.4) is 0 Å². The van der Waals surface area contributed by atoms with Crippen LogP contribution in [-0.4, -0.2) is 83.7 Å². The summed E-state index contributed by atoms with van der Waals surface area (Å²) in [6, 6.07) is -2.90. The summed E-state index contributed by atoms with van der Waals surface area (Å²) in [6.07, 6.45) is 11.4. The van der Waals surface area contributed by atoms with Gasteiger partial charge in [0.05, 0.1) is 13.7 Å². The van der Waals surface area contributed by atoms with Gasteiger partial charge in [0.2, 0.25) is 17.7 Å². The summed E-state index contributed by atoms with van der Waals surface area (Å²) in [5, 5.41) is 18.6. The highest BCUT2D eigenvalue weighted by Crippen LogP contribution is 2.12. The number of hydroxylamine groups is 2. The van der Waals surface area contributed by atoms with Gasteiger partial charge in [-0.2, -0.15) is 11.8 Å². The van der Waals surface area contributed by atoms with Crippen LogP contribution in [0.4, 0.5) is 0 Å². The van der Waals surface area contributed by atoms with Crippen LogP contribution in [0, 0.1) is 11.8 Å². The first-order chi connectivity index (χ1) is 21.5. The van der Waals surface area contributed by atoms with Crippen molar-refractivity contribution in [3.63, 3.8) is 0 Å². The molecule has 0 aromatic heterocycles. The maximum Gasteiger partial charge on any atom is 0.328 e. The Bertz CT molecular complexity index is 1100. The van der Waals surface area contributed by atoms with E-state index in [2.05, 4.69) is 48.9 Å². The summed E-state index contributed by atoms with van der Waals surface area (Å²) in [5.74, 6) is -3.36. The van der Waals surface area contributed by atoms with E-state index >= 15 is 0 Å². The molecule has 0 aliphatic heterocycles. The lowest BCUT2D eigenvalue weighted by atomic mass is 9.99. The van der Waals surface area contributed by atoms with Gasteiger partial charge in [0.15, 0.2) is 0 Å². The lowest BCUT2D eigenvalue weighted by Gasteiger charge is -2.28. The maximum absolute atomic E-state index is 13.2. The van der Waals surface area contributed by atoms with Gasteiger partial charge < -0.3 is 20.7 Å². The van der Waals surface area contributed by atoms with E-state index in [4.69, 9.17) is 4.74 Å². The van der Waals surface area contributed by atoms with Gasteiger partial charge >= 0.3 is 5.97 Å². The van der Waals surface area contributed by atoms with Gasteiger partial charge in [-0.25, -0.2) is 9.86 Å². The minimum absolute atomic E-state index is 0.0655. The molecule has 4 N–H and O–H groups in total. The molecule has 11 nitrogen and oxygen atoms in total. The Morgan fingerprint density at radius 3 is 1.85 bits per heavy atom. The third kappa shape index (κ3) is 18.1. The second kappa shape index (κ2) is 23.2. The van der Waals surface area contributed by atoms with E-state index in [1.807, 2.05) is 13.2 Å². The number of thioether (sulfide) groups is 1. The van der Waals surface area contributed by atoms with Gasteiger partial charge in [-0.15, -0.1) is 0 Å². The van der Waals surface area contributed by atoms with Crippen LogP contribution in [0.5, 0.6) is 0 Å². The standard InChI is InChI=1S/C34H58N4O7S/c1-22(2)13-11-14-25(7)15-12-16-26(8)17-19-38(44)29(40)21-28(39)36-30(23(3)4)33(42)37-31(24(5)6)32(41)35-27(18-20-46-10)34(43)45-9/h13,15,17,23-24,27,30-31,44H,11-12,14,16,18-21H2,1-10H3,(H,35,41)(H,36,39)(H,37,42)/b25-15+,26-17+/t27-,30+,31+/m1/s1. The average molecular weight is 667 g/mol. The molecule has 0 unspecified atom stereocenters. The molecule has 0 aliphatic carbocycles. The Morgan fingerprint density at radius 2 is 1.33 bits per heavy atom. The molecule has 0 saturated heterocycles. The minimum Gasteiger partial charge on any atom is -0.467 e. The molecule has 0 aliphatic rings. The van der Waals surface area contributed by atoms with E-state index in [-0.39, 0.29) is 18.4 Å². The fourth-order valence-electron chi connectivity index (χ4n) is 4.34. The molecule has 3 atom stereocenters. The number of ether oxygens (including phenoxy) is 1. The van der Waals surface area contributed by atoms with Crippen molar-refractivity contribution in [2.24, 2.45) is 11.8 Å². The molecule has 0 aromatic carbocycles. The van der Waals surface area contributed by atoms with Crippen molar-refractivity contribution in [1.82, 2.24) is 21.0 Å². The Labute approximate surface area is 280 Å². The summed E-state index contributed by atoms with van der Waals surface area (Å²) >= 11 is 1.52. The van der Waals surface area contributed by atoms with E-state index < -0.39 is 54.1 Å². The zero-order valence-corrected chi connectivity index (χ0v) is 30.3. The lowest BCUT2D eigenvalue weighted by Crippen LogP contribution is -2.58. The highest BCUT2D eigenvalue weighted by molar-refractivity contribution is 7.98. The summed E-state index contributed by atoms with van der Waals surface area (Å²) in [6.45, 7) is 15.1. The van der Waals surface area contributed by atoms with Crippen LogP contribution in [0.2, 0.25) is 0 Å². The second-order valence-electron chi connectivity index (χ2n) is 12.5. The molecule has 0 heterocycles. The minimum atomic E-state index is -1.05. The van der Waals surface area contributed by atoms with E-state index in [1.165, 1.54) is 30.0 Å². The topological polar surface area (TPSA) is 154 Å². The van der Waals surface area contributed by atoms with E-state index in [0.29, 0.717) is 17.2 Å². The molecule has 46 heavy (non-hydrogen) atoms. The second-order valence-corrected chi connectivity index (χ2v) is 13.5. The van der Waals surface area contributed by atoms with Crippen LogP contribution < -0.4 is 16.0 Å². The molecular weight excluding hydrogens is 608 g/mol. The summed E-state index contributed by atoms with van der Waals surface area (Å²) in [7, 11) is 1.24. The molecule has 0 rings (SSSR count). The number of nitrogens with zero attached hydrogens (tertiary/aromatic N) is 1. The number of methoxy groups -OCH3 is 1. The van der Waals surface area contributed by atoms with Crippen LogP contribution in [0.25, 0.3) is 0 Å². The van der Waals surface area contributed by atoms with Crippen LogP contribution in [-0.2, 0) is 28.7 Å². The summed E-state index contributed by atoms with van der Waals surface area (Å²) in [4.78, 5) is 63.8. The molecule has 0 saturated carbocycles. The van der Waals surface area contributed by atoms with Gasteiger partial charge in [0.1, 0.15) is 24.5 Å². The van der Waals surface area contributed by atoms with Crippen LogP contribution in [0.1, 0.15) is 93.9 Å². The number of hydrogen-bond acceptors (Lipinski definition) is 8. The molecule has 0 aromatic rings. The van der Waals surface area contributed by atoms with Crippen molar-refractivity contribution < 1.29 is 33.9 Å². The first-order valence-electron chi connectivity index (χ1n) is 15.9. The first-order valence-corrected chi connectivity index (χ1v) is 17.3. The average Bonchev–Trinajstić information content (AvgIpc) is 2.98. The number of carbonyl (C=O) groups excluding carboxylic acids is 5. The molecule has 0 bridgehead atoms. The maximum atomic E-state index is 13.2. The van der Waals surface area contributed by atoms with E-state index in [1.54, 1.807) is 33.8 Å². The smallest absolute Gasteiger partial charge is 0.328 e. The molecule has 0 spiro atoms. The number of amides is 4. The lowest BCUT2D eigenvalue weighted by molar-refractivity contribution is -0.164. The Kier molecular flexibility index (Phi) is 21.7. The largest absolute Gasteiger partial charge is 0.467 e. The number of nitrogens with one attached hydrogen (secondary N) is 3. The quantitative estimate of drug-likeness (QED) is 0.0452. The zero-order valence-electron chi connectivity index (χ0n) is 29.5. The molecule has 4 amide bonds. The number of carbonyl (C=O) groups is 5. The highest BCUT2D eigenvalue weighted by Gasteiger charge is 2.33. The Hall–Kier alpha value is -3.12.